The van der Waals surface area contributed by atoms with Crippen molar-refractivity contribution < 1.29 is 17.7 Å². The molecule has 1 atom stereocenters. The number of carbonyl (C=O) groups is 1. The molecule has 0 spiro atoms. The van der Waals surface area contributed by atoms with Crippen molar-refractivity contribution in [2.45, 2.75) is 33.4 Å². The van der Waals surface area contributed by atoms with Crippen LogP contribution in [0.2, 0.25) is 0 Å². The molecule has 0 saturated heterocycles. The predicted molar refractivity (Wildman–Crippen MR) is 114 cm³/mol. The highest BCUT2D eigenvalue weighted by Crippen LogP contribution is 2.21. The van der Waals surface area contributed by atoms with Crippen molar-refractivity contribution in [3.05, 3.63) is 65.5 Å². The van der Waals surface area contributed by atoms with Gasteiger partial charge in [-0.05, 0) is 32.9 Å². The average Bonchev–Trinajstić information content (AvgIpc) is 3.16. The molecule has 0 aliphatic carbocycles. The van der Waals surface area contributed by atoms with Crippen LogP contribution in [0.25, 0.3) is 11.4 Å². The van der Waals surface area contributed by atoms with Crippen LogP contribution in [0.3, 0.4) is 0 Å². The summed E-state index contributed by atoms with van der Waals surface area (Å²) in [5.41, 5.74) is 3.33. The number of carbonyl (C=O) groups excluding carboxylic acids is 1. The minimum absolute atomic E-state index is 0.00641. The lowest BCUT2D eigenvalue weighted by molar-refractivity contribution is -0.122. The first-order chi connectivity index (χ1) is 14.1. The first kappa shape index (κ1) is 21.5. The van der Waals surface area contributed by atoms with Gasteiger partial charge in [0, 0.05) is 5.56 Å². The Kier molecular flexibility index (Phi) is 6.21. The summed E-state index contributed by atoms with van der Waals surface area (Å²) < 4.78 is 30.9. The summed E-state index contributed by atoms with van der Waals surface area (Å²) in [6.07, 6.45) is 1.07. The lowest BCUT2D eigenvalue weighted by Crippen LogP contribution is -2.47. The fourth-order valence-electron chi connectivity index (χ4n) is 2.96. The van der Waals surface area contributed by atoms with E-state index in [0.29, 0.717) is 11.5 Å². The topological polar surface area (TPSA) is 105 Å². The first-order valence-electron chi connectivity index (χ1n) is 9.38. The van der Waals surface area contributed by atoms with E-state index in [9.17, 15) is 13.2 Å². The number of amides is 1. The van der Waals surface area contributed by atoms with Crippen LogP contribution in [-0.2, 0) is 21.4 Å². The maximum atomic E-state index is 12.7. The van der Waals surface area contributed by atoms with Gasteiger partial charge in [0.1, 0.15) is 6.04 Å². The molecule has 1 unspecified atom stereocenters. The van der Waals surface area contributed by atoms with E-state index in [1.807, 2.05) is 38.1 Å². The lowest BCUT2D eigenvalue weighted by atomic mass is 10.1. The summed E-state index contributed by atoms with van der Waals surface area (Å²) in [4.78, 5) is 16.9. The van der Waals surface area contributed by atoms with Crippen LogP contribution in [0.5, 0.6) is 0 Å². The zero-order valence-electron chi connectivity index (χ0n) is 17.3. The van der Waals surface area contributed by atoms with Crippen molar-refractivity contribution in [2.75, 3.05) is 10.6 Å². The molecule has 8 nitrogen and oxygen atoms in total. The number of anilines is 1. The van der Waals surface area contributed by atoms with E-state index in [4.69, 9.17) is 4.52 Å². The van der Waals surface area contributed by atoms with E-state index in [2.05, 4.69) is 15.5 Å². The average molecular weight is 429 g/mol. The van der Waals surface area contributed by atoms with E-state index < -0.39 is 22.0 Å². The molecule has 30 heavy (non-hydrogen) atoms. The van der Waals surface area contributed by atoms with Crippen LogP contribution in [0.15, 0.2) is 53.1 Å². The van der Waals surface area contributed by atoms with Gasteiger partial charge in [-0.25, -0.2) is 8.42 Å². The van der Waals surface area contributed by atoms with Crippen molar-refractivity contribution in [1.82, 2.24) is 15.5 Å². The fraction of sp³-hybridized carbons (Fsp3) is 0.286. The van der Waals surface area contributed by atoms with Crippen LogP contribution in [-0.4, -0.2) is 36.8 Å². The molecule has 158 valence electrons. The molecule has 1 aromatic heterocycles. The molecular weight excluding hydrogens is 404 g/mol. The Morgan fingerprint density at radius 3 is 2.20 bits per heavy atom. The zero-order chi connectivity index (χ0) is 21.9. The number of aryl methyl sites for hydroxylation is 2. The second-order valence-electron chi connectivity index (χ2n) is 7.17. The predicted octanol–water partition coefficient (Wildman–Crippen LogP) is 2.82. The molecule has 0 fully saturated rings. The standard InChI is InChI=1S/C21H24N4O4S/c1-14-5-9-17(10-6-14)20-23-19(29-24-20)13-22-21(26)16(3)25(30(4,27)28)18-11-7-15(2)8-12-18/h5-12,16H,13H2,1-4H3,(H,22,26). The van der Waals surface area contributed by atoms with Gasteiger partial charge in [0.25, 0.3) is 0 Å². The first-order valence-corrected chi connectivity index (χ1v) is 11.2. The van der Waals surface area contributed by atoms with Crippen molar-refractivity contribution in [3.63, 3.8) is 0 Å². The molecule has 0 radical (unpaired) electrons. The lowest BCUT2D eigenvalue weighted by Gasteiger charge is -2.28. The van der Waals surface area contributed by atoms with Gasteiger partial charge in [-0.3, -0.25) is 9.10 Å². The maximum Gasteiger partial charge on any atom is 0.246 e. The fourth-order valence-corrected chi connectivity index (χ4v) is 4.13. The van der Waals surface area contributed by atoms with Gasteiger partial charge >= 0.3 is 0 Å². The Balaban J connectivity index is 1.70. The molecule has 3 rings (SSSR count). The third kappa shape index (κ3) is 5.04. The van der Waals surface area contributed by atoms with Crippen LogP contribution in [0.1, 0.15) is 23.9 Å². The quantitative estimate of drug-likeness (QED) is 0.620. The van der Waals surface area contributed by atoms with Crippen LogP contribution in [0.4, 0.5) is 5.69 Å². The Morgan fingerprint density at radius 1 is 1.07 bits per heavy atom. The van der Waals surface area contributed by atoms with E-state index in [-0.39, 0.29) is 12.4 Å². The van der Waals surface area contributed by atoms with E-state index >= 15 is 0 Å². The van der Waals surface area contributed by atoms with Crippen LogP contribution in [0, 0.1) is 13.8 Å². The monoisotopic (exact) mass is 428 g/mol. The second-order valence-corrected chi connectivity index (χ2v) is 9.03. The van der Waals surface area contributed by atoms with Crippen LogP contribution >= 0.6 is 0 Å². The third-order valence-electron chi connectivity index (χ3n) is 4.57. The number of hydrogen-bond donors (Lipinski definition) is 1. The van der Waals surface area contributed by atoms with Crippen molar-refractivity contribution >= 4 is 21.6 Å². The Bertz CT molecular complexity index is 1120. The summed E-state index contributed by atoms with van der Waals surface area (Å²) in [7, 11) is -3.67. The molecule has 1 amide bonds. The highest BCUT2D eigenvalue weighted by molar-refractivity contribution is 7.92. The molecule has 0 bridgehead atoms. The van der Waals surface area contributed by atoms with Gasteiger partial charge in [0.15, 0.2) is 0 Å². The van der Waals surface area contributed by atoms with Gasteiger partial charge in [-0.2, -0.15) is 4.98 Å². The summed E-state index contributed by atoms with van der Waals surface area (Å²) in [6.45, 7) is 5.41. The normalized spacial score (nSPS) is 12.4. The number of aromatic nitrogens is 2. The summed E-state index contributed by atoms with van der Waals surface area (Å²) in [5.74, 6) is 0.174. The molecule has 1 N–H and O–H groups in total. The maximum absolute atomic E-state index is 12.7. The summed E-state index contributed by atoms with van der Waals surface area (Å²) >= 11 is 0. The van der Waals surface area contributed by atoms with Gasteiger partial charge in [0.05, 0.1) is 18.5 Å². The summed E-state index contributed by atoms with van der Waals surface area (Å²) in [5, 5.41) is 6.59. The number of nitrogens with zero attached hydrogens (tertiary/aromatic N) is 3. The number of hydrogen-bond acceptors (Lipinski definition) is 6. The molecule has 0 aliphatic heterocycles. The largest absolute Gasteiger partial charge is 0.345 e. The zero-order valence-corrected chi connectivity index (χ0v) is 18.1. The van der Waals surface area contributed by atoms with Gasteiger partial charge in [0.2, 0.25) is 27.6 Å². The highest BCUT2D eigenvalue weighted by Gasteiger charge is 2.29. The minimum atomic E-state index is -3.67. The highest BCUT2D eigenvalue weighted by atomic mass is 32.2. The Hall–Kier alpha value is -3.20. The van der Waals surface area contributed by atoms with Gasteiger partial charge in [-0.1, -0.05) is 52.7 Å². The third-order valence-corrected chi connectivity index (χ3v) is 5.81. The van der Waals surface area contributed by atoms with Gasteiger partial charge < -0.3 is 9.84 Å². The number of sulfonamides is 1. The molecule has 3 aromatic rings. The van der Waals surface area contributed by atoms with Gasteiger partial charge in [-0.15, -0.1) is 0 Å². The number of nitrogens with one attached hydrogen (secondary N) is 1. The van der Waals surface area contributed by atoms with Crippen molar-refractivity contribution in [1.29, 1.82) is 0 Å². The minimum Gasteiger partial charge on any atom is -0.345 e. The molecule has 0 aliphatic rings. The molecule has 9 heteroatoms. The molecule has 1 heterocycles. The number of rotatable bonds is 7. The van der Waals surface area contributed by atoms with Crippen LogP contribution < -0.4 is 9.62 Å². The van der Waals surface area contributed by atoms with E-state index in [1.54, 1.807) is 24.3 Å². The van der Waals surface area contributed by atoms with E-state index in [0.717, 1.165) is 27.3 Å². The Morgan fingerprint density at radius 2 is 1.63 bits per heavy atom. The molecular formula is C21H24N4O4S. The SMILES string of the molecule is Cc1ccc(-c2noc(CNC(=O)C(C)N(c3ccc(C)cc3)S(C)(=O)=O)n2)cc1. The summed E-state index contributed by atoms with van der Waals surface area (Å²) in [6, 6.07) is 13.6. The smallest absolute Gasteiger partial charge is 0.246 e. The van der Waals surface area contributed by atoms with Crippen molar-refractivity contribution in [2.24, 2.45) is 0 Å². The van der Waals surface area contributed by atoms with Crippen molar-refractivity contribution in [3.8, 4) is 11.4 Å². The number of benzene rings is 2. The second kappa shape index (κ2) is 8.66. The Labute approximate surface area is 176 Å². The molecule has 2 aromatic carbocycles. The molecule has 0 saturated carbocycles. The van der Waals surface area contributed by atoms with E-state index in [1.165, 1.54) is 6.92 Å².